The van der Waals surface area contributed by atoms with E-state index < -0.39 is 0 Å². The molecule has 3 rings (SSSR count). The molecular weight excluding hydrogens is 260 g/mol. The molecule has 0 bridgehead atoms. The normalized spacial score (nSPS) is 10.8. The summed E-state index contributed by atoms with van der Waals surface area (Å²) in [5, 5.41) is 11.8. The molecule has 0 aliphatic heterocycles. The van der Waals surface area contributed by atoms with Gasteiger partial charge in [0.1, 0.15) is 5.01 Å². The number of benzene rings is 2. The number of hydrogen-bond acceptors (Lipinski definition) is 4. The van der Waals surface area contributed by atoms with E-state index in [1.165, 1.54) is 11.3 Å². The van der Waals surface area contributed by atoms with Gasteiger partial charge in [0.15, 0.2) is 0 Å². The van der Waals surface area contributed by atoms with Crippen molar-refractivity contribution in [2.75, 3.05) is 0 Å². The Morgan fingerprint density at radius 2 is 2.00 bits per heavy atom. The lowest BCUT2D eigenvalue weighted by molar-refractivity contribution is -0.384. The zero-order valence-electron chi connectivity index (χ0n) is 10.2. The minimum absolute atomic E-state index is 0.110. The number of fused-ring (bicyclic) bond motifs is 1. The summed E-state index contributed by atoms with van der Waals surface area (Å²) in [4.78, 5) is 15.3. The van der Waals surface area contributed by atoms with Crippen LogP contribution >= 0.6 is 11.3 Å². The highest BCUT2D eigenvalue weighted by Crippen LogP contribution is 2.35. The van der Waals surface area contributed by atoms with Crippen LogP contribution in [0.1, 0.15) is 5.56 Å². The Bertz CT molecular complexity index is 747. The van der Waals surface area contributed by atoms with E-state index in [2.05, 4.69) is 4.98 Å². The summed E-state index contributed by atoms with van der Waals surface area (Å²) in [5.74, 6) is 0. The van der Waals surface area contributed by atoms with Crippen molar-refractivity contribution in [2.45, 2.75) is 6.92 Å². The van der Waals surface area contributed by atoms with Crippen molar-refractivity contribution in [3.05, 3.63) is 58.1 Å². The van der Waals surface area contributed by atoms with E-state index in [1.807, 2.05) is 37.3 Å². The van der Waals surface area contributed by atoms with Gasteiger partial charge in [-0.15, -0.1) is 11.3 Å². The summed E-state index contributed by atoms with van der Waals surface area (Å²) < 4.78 is 1.03. The molecule has 0 aliphatic carbocycles. The van der Waals surface area contributed by atoms with Crippen LogP contribution in [0.2, 0.25) is 0 Å². The summed E-state index contributed by atoms with van der Waals surface area (Å²) >= 11 is 1.47. The Hall–Kier alpha value is -2.27. The molecule has 0 saturated carbocycles. The fourth-order valence-electron chi connectivity index (χ4n) is 1.96. The highest BCUT2D eigenvalue weighted by Gasteiger charge is 2.18. The van der Waals surface area contributed by atoms with Crippen molar-refractivity contribution in [3.63, 3.8) is 0 Å². The molecule has 4 nitrogen and oxygen atoms in total. The lowest BCUT2D eigenvalue weighted by Gasteiger charge is -2.00. The van der Waals surface area contributed by atoms with Crippen molar-refractivity contribution in [3.8, 4) is 10.6 Å². The molecular formula is C14H10N2O2S. The van der Waals surface area contributed by atoms with Crippen LogP contribution in [0.3, 0.4) is 0 Å². The number of nitro benzene ring substituents is 1. The second kappa shape index (κ2) is 4.44. The number of nitro groups is 1. The third-order valence-corrected chi connectivity index (χ3v) is 3.94. The number of nitrogens with zero attached hydrogens (tertiary/aromatic N) is 2. The summed E-state index contributed by atoms with van der Waals surface area (Å²) in [5.41, 5.74) is 2.43. The lowest BCUT2D eigenvalue weighted by atomic mass is 10.1. The van der Waals surface area contributed by atoms with Gasteiger partial charge in [-0.1, -0.05) is 18.2 Å². The van der Waals surface area contributed by atoms with Gasteiger partial charge in [0.05, 0.1) is 20.7 Å². The van der Waals surface area contributed by atoms with Gasteiger partial charge < -0.3 is 0 Å². The summed E-state index contributed by atoms with van der Waals surface area (Å²) in [6.45, 7) is 1.84. The van der Waals surface area contributed by atoms with Crippen LogP contribution in [-0.4, -0.2) is 9.91 Å². The number of para-hydroxylation sites is 1. The molecule has 19 heavy (non-hydrogen) atoms. The first-order valence-electron chi connectivity index (χ1n) is 5.76. The number of rotatable bonds is 2. The number of aryl methyl sites for hydroxylation is 1. The molecule has 0 aliphatic rings. The maximum Gasteiger partial charge on any atom is 0.279 e. The minimum atomic E-state index is -0.353. The monoisotopic (exact) mass is 270 g/mol. The van der Waals surface area contributed by atoms with E-state index in [4.69, 9.17) is 0 Å². The smallest absolute Gasteiger partial charge is 0.258 e. The van der Waals surface area contributed by atoms with Crippen LogP contribution in [0.5, 0.6) is 0 Å². The van der Waals surface area contributed by atoms with E-state index in [0.717, 1.165) is 15.8 Å². The second-order valence-electron chi connectivity index (χ2n) is 4.26. The molecule has 94 valence electrons. The van der Waals surface area contributed by atoms with Gasteiger partial charge in [0.2, 0.25) is 0 Å². The van der Waals surface area contributed by atoms with Crippen molar-refractivity contribution in [1.29, 1.82) is 0 Å². The molecule has 0 atom stereocenters. The minimum Gasteiger partial charge on any atom is -0.258 e. The SMILES string of the molecule is Cc1ccc(-c2nc3ccccc3s2)c([N+](=O)[O-])c1. The Morgan fingerprint density at radius 1 is 1.21 bits per heavy atom. The fraction of sp³-hybridized carbons (Fsp3) is 0.0714. The Balaban J connectivity index is 2.23. The standard InChI is InChI=1S/C14H10N2O2S/c1-9-6-7-10(12(8-9)16(17)18)14-15-11-4-2-3-5-13(11)19-14/h2-8H,1H3. The molecule has 0 unspecified atom stereocenters. The molecule has 3 aromatic rings. The first-order valence-corrected chi connectivity index (χ1v) is 6.58. The van der Waals surface area contributed by atoms with E-state index in [0.29, 0.717) is 10.6 Å². The van der Waals surface area contributed by atoms with Crippen LogP contribution in [0, 0.1) is 17.0 Å². The maximum atomic E-state index is 11.1. The first-order chi connectivity index (χ1) is 9.15. The zero-order chi connectivity index (χ0) is 13.4. The third-order valence-electron chi connectivity index (χ3n) is 2.87. The van der Waals surface area contributed by atoms with Gasteiger partial charge in [0.25, 0.3) is 5.69 Å². The molecule has 1 heterocycles. The summed E-state index contributed by atoms with van der Waals surface area (Å²) in [6.07, 6.45) is 0. The van der Waals surface area contributed by atoms with Crippen LogP contribution in [0.4, 0.5) is 5.69 Å². The second-order valence-corrected chi connectivity index (χ2v) is 5.30. The fourth-order valence-corrected chi connectivity index (χ4v) is 2.96. The van der Waals surface area contributed by atoms with Crippen LogP contribution in [-0.2, 0) is 0 Å². The van der Waals surface area contributed by atoms with Crippen molar-refractivity contribution >= 4 is 27.2 Å². The molecule has 2 aromatic carbocycles. The molecule has 0 N–H and O–H groups in total. The highest BCUT2D eigenvalue weighted by atomic mass is 32.1. The van der Waals surface area contributed by atoms with Crippen LogP contribution < -0.4 is 0 Å². The first kappa shape index (κ1) is 11.8. The van der Waals surface area contributed by atoms with E-state index >= 15 is 0 Å². The Morgan fingerprint density at radius 3 is 2.74 bits per heavy atom. The average molecular weight is 270 g/mol. The molecule has 0 spiro atoms. The van der Waals surface area contributed by atoms with Crippen LogP contribution in [0.25, 0.3) is 20.8 Å². The maximum absolute atomic E-state index is 11.1. The molecule has 0 radical (unpaired) electrons. The predicted octanol–water partition coefficient (Wildman–Crippen LogP) is 4.18. The lowest BCUT2D eigenvalue weighted by Crippen LogP contribution is -1.92. The largest absolute Gasteiger partial charge is 0.279 e. The van der Waals surface area contributed by atoms with E-state index in [9.17, 15) is 10.1 Å². The topological polar surface area (TPSA) is 56.0 Å². The van der Waals surface area contributed by atoms with Gasteiger partial charge in [0, 0.05) is 6.07 Å². The van der Waals surface area contributed by atoms with Gasteiger partial charge >= 0.3 is 0 Å². The molecule has 0 saturated heterocycles. The molecule has 5 heteroatoms. The number of thiazole rings is 1. The molecule has 0 fully saturated rings. The summed E-state index contributed by atoms with van der Waals surface area (Å²) in [7, 11) is 0. The summed E-state index contributed by atoms with van der Waals surface area (Å²) in [6, 6.07) is 13.0. The molecule has 1 aromatic heterocycles. The Labute approximate surface area is 113 Å². The molecule has 0 amide bonds. The zero-order valence-corrected chi connectivity index (χ0v) is 11.0. The predicted molar refractivity (Wildman–Crippen MR) is 76.4 cm³/mol. The highest BCUT2D eigenvalue weighted by molar-refractivity contribution is 7.21. The average Bonchev–Trinajstić information content (AvgIpc) is 2.82. The van der Waals surface area contributed by atoms with Gasteiger partial charge in [-0.25, -0.2) is 4.98 Å². The van der Waals surface area contributed by atoms with Crippen molar-refractivity contribution < 1.29 is 4.92 Å². The van der Waals surface area contributed by atoms with Crippen molar-refractivity contribution in [1.82, 2.24) is 4.98 Å². The quantitative estimate of drug-likeness (QED) is 0.518. The van der Waals surface area contributed by atoms with Gasteiger partial charge in [-0.2, -0.15) is 0 Å². The Kier molecular flexibility index (Phi) is 2.76. The number of hydrogen-bond donors (Lipinski definition) is 0. The van der Waals surface area contributed by atoms with Gasteiger partial charge in [-0.05, 0) is 30.7 Å². The van der Waals surface area contributed by atoms with Crippen molar-refractivity contribution in [2.24, 2.45) is 0 Å². The van der Waals surface area contributed by atoms with E-state index in [1.54, 1.807) is 12.1 Å². The van der Waals surface area contributed by atoms with Gasteiger partial charge in [-0.3, -0.25) is 10.1 Å². The van der Waals surface area contributed by atoms with Crippen LogP contribution in [0.15, 0.2) is 42.5 Å². The van der Waals surface area contributed by atoms with E-state index in [-0.39, 0.29) is 10.6 Å². The third kappa shape index (κ3) is 2.08. The number of aromatic nitrogens is 1.